The summed E-state index contributed by atoms with van der Waals surface area (Å²) in [5.74, 6) is 0.158. The van der Waals surface area contributed by atoms with Gasteiger partial charge in [0.05, 0.1) is 19.2 Å². The van der Waals surface area contributed by atoms with E-state index in [1.807, 2.05) is 36.0 Å². The maximum atomic E-state index is 12.5. The molecule has 6 heteroatoms. The van der Waals surface area contributed by atoms with Crippen molar-refractivity contribution >= 4 is 5.91 Å². The van der Waals surface area contributed by atoms with Crippen LogP contribution in [0.5, 0.6) is 0 Å². The molecule has 0 bridgehead atoms. The lowest BCUT2D eigenvalue weighted by Gasteiger charge is -2.32. The largest absolute Gasteiger partial charge is 0.373 e. The maximum Gasteiger partial charge on any atom is 0.237 e. The summed E-state index contributed by atoms with van der Waals surface area (Å²) in [6.45, 7) is 2.33. The number of aromatic nitrogens is 1. The second kappa shape index (κ2) is 7.38. The van der Waals surface area contributed by atoms with Gasteiger partial charge in [0.2, 0.25) is 5.91 Å². The minimum Gasteiger partial charge on any atom is -0.373 e. The van der Waals surface area contributed by atoms with Crippen molar-refractivity contribution in [2.45, 2.75) is 37.7 Å². The third-order valence-electron chi connectivity index (χ3n) is 4.46. The molecule has 3 atom stereocenters. The zero-order chi connectivity index (χ0) is 16.2. The summed E-state index contributed by atoms with van der Waals surface area (Å²) in [5, 5.41) is 0. The van der Waals surface area contributed by atoms with Gasteiger partial charge >= 0.3 is 0 Å². The van der Waals surface area contributed by atoms with Crippen LogP contribution in [0.4, 0.5) is 0 Å². The van der Waals surface area contributed by atoms with Crippen LogP contribution in [0.25, 0.3) is 0 Å². The smallest absolute Gasteiger partial charge is 0.237 e. The predicted octanol–water partition coefficient (Wildman–Crippen LogP) is 0.918. The lowest BCUT2D eigenvalue weighted by molar-refractivity contribution is -0.135. The molecule has 2 fully saturated rings. The van der Waals surface area contributed by atoms with E-state index in [4.69, 9.17) is 9.47 Å². The summed E-state index contributed by atoms with van der Waals surface area (Å²) in [4.78, 5) is 20.4. The van der Waals surface area contributed by atoms with Crippen LogP contribution in [0.2, 0.25) is 0 Å². The zero-order valence-electron chi connectivity index (χ0n) is 13.9. The van der Waals surface area contributed by atoms with E-state index in [0.717, 1.165) is 25.0 Å². The normalized spacial score (nSPS) is 27.3. The fourth-order valence-corrected chi connectivity index (χ4v) is 3.39. The Morgan fingerprint density at radius 1 is 1.43 bits per heavy atom. The van der Waals surface area contributed by atoms with E-state index in [0.29, 0.717) is 19.7 Å². The van der Waals surface area contributed by atoms with Crippen LogP contribution in [0, 0.1) is 0 Å². The van der Waals surface area contributed by atoms with Gasteiger partial charge in [0.1, 0.15) is 12.2 Å². The fraction of sp³-hybridized carbons (Fsp3) is 0.647. The molecule has 0 aromatic carbocycles. The van der Waals surface area contributed by atoms with E-state index in [1.54, 1.807) is 12.4 Å². The van der Waals surface area contributed by atoms with Gasteiger partial charge in [-0.15, -0.1) is 0 Å². The van der Waals surface area contributed by atoms with Gasteiger partial charge in [-0.05, 0) is 44.6 Å². The Morgan fingerprint density at radius 2 is 2.22 bits per heavy atom. The molecule has 23 heavy (non-hydrogen) atoms. The first kappa shape index (κ1) is 16.4. The van der Waals surface area contributed by atoms with Gasteiger partial charge in [0.15, 0.2) is 0 Å². The van der Waals surface area contributed by atoms with Crippen molar-refractivity contribution < 1.29 is 14.3 Å². The lowest BCUT2D eigenvalue weighted by atomic mass is 10.0. The molecule has 0 aliphatic carbocycles. The molecule has 6 nitrogen and oxygen atoms in total. The van der Waals surface area contributed by atoms with Crippen molar-refractivity contribution in [2.24, 2.45) is 0 Å². The van der Waals surface area contributed by atoms with Crippen LogP contribution in [0.1, 0.15) is 18.4 Å². The number of hydrogen-bond acceptors (Lipinski definition) is 5. The van der Waals surface area contributed by atoms with E-state index < -0.39 is 0 Å². The fourth-order valence-electron chi connectivity index (χ4n) is 3.39. The van der Waals surface area contributed by atoms with Gasteiger partial charge in [-0.1, -0.05) is 0 Å². The molecule has 2 aliphatic heterocycles. The summed E-state index contributed by atoms with van der Waals surface area (Å²) in [6, 6.07) is 4.05. The molecular weight excluding hydrogens is 294 g/mol. The average Bonchev–Trinajstić information content (AvgIpc) is 2.92. The van der Waals surface area contributed by atoms with Gasteiger partial charge in [-0.2, -0.15) is 0 Å². The van der Waals surface area contributed by atoms with E-state index >= 15 is 0 Å². The number of amides is 1. The minimum atomic E-state index is -0.0559. The van der Waals surface area contributed by atoms with Crippen LogP contribution >= 0.6 is 0 Å². The molecule has 126 valence electrons. The van der Waals surface area contributed by atoms with Gasteiger partial charge in [-0.25, -0.2) is 0 Å². The lowest BCUT2D eigenvalue weighted by Crippen LogP contribution is -2.46. The molecule has 1 amide bonds. The van der Waals surface area contributed by atoms with Crippen molar-refractivity contribution in [3.63, 3.8) is 0 Å². The Kier molecular flexibility index (Phi) is 5.25. The first-order valence-electron chi connectivity index (χ1n) is 8.21. The van der Waals surface area contributed by atoms with Crippen LogP contribution in [0.15, 0.2) is 24.5 Å². The van der Waals surface area contributed by atoms with Crippen LogP contribution in [0.3, 0.4) is 0 Å². The second-order valence-corrected chi connectivity index (χ2v) is 6.53. The first-order valence-corrected chi connectivity index (χ1v) is 8.21. The Balaban J connectivity index is 1.65. The van der Waals surface area contributed by atoms with Crippen LogP contribution < -0.4 is 0 Å². The molecule has 0 N–H and O–H groups in total. The van der Waals surface area contributed by atoms with Gasteiger partial charge < -0.3 is 19.3 Å². The summed E-state index contributed by atoms with van der Waals surface area (Å²) >= 11 is 0. The third-order valence-corrected chi connectivity index (χ3v) is 4.46. The summed E-state index contributed by atoms with van der Waals surface area (Å²) in [7, 11) is 3.83. The Hall–Kier alpha value is -1.50. The quantitative estimate of drug-likeness (QED) is 0.808. The van der Waals surface area contributed by atoms with Crippen LogP contribution in [-0.4, -0.2) is 72.7 Å². The highest BCUT2D eigenvalue weighted by molar-refractivity contribution is 5.79. The zero-order valence-corrected chi connectivity index (χ0v) is 13.9. The average molecular weight is 319 g/mol. The predicted molar refractivity (Wildman–Crippen MR) is 85.8 cm³/mol. The molecule has 0 saturated carbocycles. The third kappa shape index (κ3) is 3.88. The van der Waals surface area contributed by atoms with Crippen LogP contribution in [-0.2, 0) is 20.9 Å². The highest BCUT2D eigenvalue weighted by atomic mass is 16.5. The Bertz CT molecular complexity index is 523. The number of rotatable bonds is 5. The molecule has 0 unspecified atom stereocenters. The number of hydrogen-bond donors (Lipinski definition) is 0. The standard InChI is InChI=1S/C17H25N3O3/c1-19(2)11-16(21)20-10-15(17-14(20)4-3-9-22-17)23-12-13-5-7-18-8-6-13/h5-8,14-15,17H,3-4,9-12H2,1-2H3/t14-,15-,17+/m1/s1. The van der Waals surface area contributed by atoms with E-state index in [2.05, 4.69) is 4.98 Å². The van der Waals surface area contributed by atoms with Gasteiger partial charge in [-0.3, -0.25) is 9.78 Å². The van der Waals surface area contributed by atoms with Crippen molar-refractivity contribution in [2.75, 3.05) is 33.8 Å². The van der Waals surface area contributed by atoms with E-state index in [9.17, 15) is 4.79 Å². The van der Waals surface area contributed by atoms with Crippen molar-refractivity contribution in [3.05, 3.63) is 30.1 Å². The second-order valence-electron chi connectivity index (χ2n) is 6.53. The molecule has 1 aromatic heterocycles. The number of likely N-dealkylation sites (N-methyl/N-ethyl adjacent to an activating group) is 1. The monoisotopic (exact) mass is 319 g/mol. The van der Waals surface area contributed by atoms with Crippen molar-refractivity contribution in [1.82, 2.24) is 14.8 Å². The maximum absolute atomic E-state index is 12.5. The molecule has 0 spiro atoms. The highest BCUT2D eigenvalue weighted by Crippen LogP contribution is 2.31. The molecule has 1 aromatic rings. The number of nitrogens with zero attached hydrogens (tertiary/aromatic N) is 3. The summed E-state index contributed by atoms with van der Waals surface area (Å²) in [5.41, 5.74) is 1.09. The summed E-state index contributed by atoms with van der Waals surface area (Å²) < 4.78 is 12.0. The molecule has 3 rings (SSSR count). The van der Waals surface area contributed by atoms with Crippen molar-refractivity contribution in [3.8, 4) is 0 Å². The van der Waals surface area contributed by atoms with Gasteiger partial charge in [0, 0.05) is 25.5 Å². The van der Waals surface area contributed by atoms with Crippen molar-refractivity contribution in [1.29, 1.82) is 0 Å². The number of pyridine rings is 1. The molecular formula is C17H25N3O3. The highest BCUT2D eigenvalue weighted by Gasteiger charge is 2.46. The minimum absolute atomic E-state index is 0.00306. The van der Waals surface area contributed by atoms with E-state index in [1.165, 1.54) is 0 Å². The number of carbonyl (C=O) groups excluding carboxylic acids is 1. The Labute approximate surface area is 137 Å². The number of fused-ring (bicyclic) bond motifs is 1. The molecule has 2 saturated heterocycles. The first-order chi connectivity index (χ1) is 11.1. The topological polar surface area (TPSA) is 54.9 Å². The molecule has 2 aliphatic rings. The summed E-state index contributed by atoms with van der Waals surface area (Å²) in [6.07, 6.45) is 5.47. The molecule has 0 radical (unpaired) electrons. The van der Waals surface area contributed by atoms with E-state index in [-0.39, 0.29) is 24.2 Å². The number of carbonyl (C=O) groups is 1. The number of likely N-dealkylation sites (tertiary alicyclic amines) is 1. The SMILES string of the molecule is CN(C)CC(=O)N1C[C@@H](OCc2ccncc2)[C@H]2OCCC[C@H]21. The number of ether oxygens (including phenoxy) is 2. The Morgan fingerprint density at radius 3 is 2.96 bits per heavy atom. The van der Waals surface area contributed by atoms with Gasteiger partial charge in [0.25, 0.3) is 0 Å². The molecule has 3 heterocycles.